The van der Waals surface area contributed by atoms with Gasteiger partial charge >= 0.3 is 6.09 Å². The van der Waals surface area contributed by atoms with E-state index in [0.29, 0.717) is 26.1 Å². The van der Waals surface area contributed by atoms with Gasteiger partial charge in [0.25, 0.3) is 0 Å². The predicted molar refractivity (Wildman–Crippen MR) is 53.6 cm³/mol. The molecule has 0 N–H and O–H groups in total. The van der Waals surface area contributed by atoms with Gasteiger partial charge in [-0.3, -0.25) is 0 Å². The van der Waals surface area contributed by atoms with Crippen molar-refractivity contribution in [1.29, 1.82) is 0 Å². The van der Waals surface area contributed by atoms with E-state index in [1.807, 2.05) is 0 Å². The smallest absolute Gasteiger partial charge is 0.409 e. The van der Waals surface area contributed by atoms with Gasteiger partial charge in [-0.25, -0.2) is 4.79 Å². The number of carbonyl (C=O) groups excluding carboxylic acids is 2. The van der Waals surface area contributed by atoms with Crippen LogP contribution in [-0.2, 0) is 14.3 Å². The number of ether oxygens (including phenoxy) is 2. The number of methoxy groups -OCH3 is 1. The lowest BCUT2D eigenvalue weighted by Crippen LogP contribution is -2.48. The first-order chi connectivity index (χ1) is 7.22. The summed E-state index contributed by atoms with van der Waals surface area (Å²) in [6.45, 7) is 3.12. The molecule has 2 atom stereocenters. The number of nitrogens with zero attached hydrogens (tertiary/aromatic N) is 1. The Morgan fingerprint density at radius 1 is 1.60 bits per heavy atom. The number of aldehydes is 1. The Morgan fingerprint density at radius 2 is 2.33 bits per heavy atom. The first-order valence-electron chi connectivity index (χ1n) is 5.12. The molecule has 15 heavy (non-hydrogen) atoms. The molecule has 0 aromatic carbocycles. The number of amides is 1. The lowest BCUT2D eigenvalue weighted by atomic mass is 9.95. The fraction of sp³-hybridized carbons (Fsp3) is 0.800. The Bertz CT molecular complexity index is 231. The maximum atomic E-state index is 11.4. The standard InChI is InChI=1S/C10H17NO4/c1-3-15-10(13)11-5-4-8(7-12)9(6-11)14-2/h7-9H,3-6H2,1-2H3. The Hall–Kier alpha value is -1.10. The molecule has 5 nitrogen and oxygen atoms in total. The molecule has 0 aromatic heterocycles. The van der Waals surface area contributed by atoms with E-state index in [9.17, 15) is 9.59 Å². The van der Waals surface area contributed by atoms with Crippen molar-refractivity contribution in [2.45, 2.75) is 19.4 Å². The fourth-order valence-corrected chi connectivity index (χ4v) is 1.72. The van der Waals surface area contributed by atoms with Crippen molar-refractivity contribution in [3.8, 4) is 0 Å². The van der Waals surface area contributed by atoms with Gasteiger partial charge in [0.05, 0.1) is 19.3 Å². The highest BCUT2D eigenvalue weighted by Gasteiger charge is 2.31. The molecule has 0 saturated carbocycles. The van der Waals surface area contributed by atoms with Crippen LogP contribution in [0.2, 0.25) is 0 Å². The Balaban J connectivity index is 2.52. The Kier molecular flexibility index (Phi) is 4.55. The van der Waals surface area contributed by atoms with Gasteiger partial charge in [-0.15, -0.1) is 0 Å². The summed E-state index contributed by atoms with van der Waals surface area (Å²) in [4.78, 5) is 23.7. The minimum Gasteiger partial charge on any atom is -0.450 e. The van der Waals surface area contributed by atoms with Crippen molar-refractivity contribution in [3.05, 3.63) is 0 Å². The average molecular weight is 215 g/mol. The van der Waals surface area contributed by atoms with Gasteiger partial charge in [-0.1, -0.05) is 0 Å². The van der Waals surface area contributed by atoms with E-state index in [-0.39, 0.29) is 18.1 Å². The van der Waals surface area contributed by atoms with Crippen LogP contribution >= 0.6 is 0 Å². The van der Waals surface area contributed by atoms with Crippen molar-refractivity contribution >= 4 is 12.4 Å². The van der Waals surface area contributed by atoms with E-state index in [0.717, 1.165) is 6.29 Å². The molecule has 0 bridgehead atoms. The van der Waals surface area contributed by atoms with E-state index in [4.69, 9.17) is 9.47 Å². The largest absolute Gasteiger partial charge is 0.450 e. The molecule has 1 fully saturated rings. The maximum absolute atomic E-state index is 11.4. The molecule has 0 spiro atoms. The summed E-state index contributed by atoms with van der Waals surface area (Å²) in [7, 11) is 1.55. The van der Waals surface area contributed by atoms with Gasteiger partial charge in [0.2, 0.25) is 0 Å². The highest BCUT2D eigenvalue weighted by atomic mass is 16.6. The monoisotopic (exact) mass is 215 g/mol. The zero-order valence-corrected chi connectivity index (χ0v) is 9.14. The summed E-state index contributed by atoms with van der Waals surface area (Å²) in [6.07, 6.45) is 1.00. The first-order valence-corrected chi connectivity index (χ1v) is 5.12. The molecule has 1 amide bonds. The molecule has 0 radical (unpaired) electrons. The number of hydrogen-bond acceptors (Lipinski definition) is 4. The SMILES string of the molecule is CCOC(=O)N1CCC(C=O)C(OC)C1. The predicted octanol–water partition coefficient (Wildman–Crippen LogP) is 0.679. The van der Waals surface area contributed by atoms with Crippen LogP contribution in [0.15, 0.2) is 0 Å². The number of hydrogen-bond donors (Lipinski definition) is 0. The van der Waals surface area contributed by atoms with Crippen LogP contribution in [0, 0.1) is 5.92 Å². The molecular formula is C10H17NO4. The van der Waals surface area contributed by atoms with Gasteiger partial charge in [0.1, 0.15) is 6.29 Å². The number of likely N-dealkylation sites (tertiary alicyclic amines) is 1. The highest BCUT2D eigenvalue weighted by Crippen LogP contribution is 2.18. The van der Waals surface area contributed by atoms with E-state index >= 15 is 0 Å². The molecule has 0 aliphatic carbocycles. The minimum atomic E-state index is -0.330. The summed E-state index contributed by atoms with van der Waals surface area (Å²) in [5.74, 6) is -0.110. The molecule has 1 aliphatic rings. The molecule has 0 aromatic rings. The normalized spacial score (nSPS) is 26.1. The molecule has 5 heteroatoms. The zero-order valence-electron chi connectivity index (χ0n) is 9.14. The van der Waals surface area contributed by atoms with Crippen molar-refractivity contribution in [2.75, 3.05) is 26.8 Å². The van der Waals surface area contributed by atoms with Gasteiger partial charge in [0.15, 0.2) is 0 Å². The Labute approximate surface area is 89.3 Å². The van der Waals surface area contributed by atoms with E-state index < -0.39 is 0 Å². The topological polar surface area (TPSA) is 55.8 Å². The summed E-state index contributed by atoms with van der Waals surface area (Å²) >= 11 is 0. The van der Waals surface area contributed by atoms with Crippen LogP contribution in [-0.4, -0.2) is 50.2 Å². The lowest BCUT2D eigenvalue weighted by Gasteiger charge is -2.34. The highest BCUT2D eigenvalue weighted by molar-refractivity contribution is 5.68. The Morgan fingerprint density at radius 3 is 2.87 bits per heavy atom. The van der Waals surface area contributed by atoms with E-state index in [2.05, 4.69) is 0 Å². The molecule has 2 unspecified atom stereocenters. The number of rotatable bonds is 3. The van der Waals surface area contributed by atoms with Crippen LogP contribution in [0.5, 0.6) is 0 Å². The van der Waals surface area contributed by atoms with Gasteiger partial charge < -0.3 is 19.2 Å². The quantitative estimate of drug-likeness (QED) is 0.649. The number of piperidine rings is 1. The molecule has 1 saturated heterocycles. The molecule has 86 valence electrons. The molecule has 1 rings (SSSR count). The second-order valence-corrected chi connectivity index (χ2v) is 3.51. The van der Waals surface area contributed by atoms with Gasteiger partial charge in [-0.05, 0) is 13.3 Å². The van der Waals surface area contributed by atoms with E-state index in [1.165, 1.54) is 0 Å². The molecule has 1 heterocycles. The summed E-state index contributed by atoms with van der Waals surface area (Å²) in [5.41, 5.74) is 0. The first kappa shape index (κ1) is 12.0. The summed E-state index contributed by atoms with van der Waals surface area (Å²) in [5, 5.41) is 0. The maximum Gasteiger partial charge on any atom is 0.409 e. The van der Waals surface area contributed by atoms with Crippen LogP contribution in [0.25, 0.3) is 0 Å². The lowest BCUT2D eigenvalue weighted by molar-refractivity contribution is -0.118. The molecule has 1 aliphatic heterocycles. The van der Waals surface area contributed by atoms with Crippen LogP contribution in [0.4, 0.5) is 4.79 Å². The van der Waals surface area contributed by atoms with Crippen molar-refractivity contribution in [1.82, 2.24) is 4.90 Å². The van der Waals surface area contributed by atoms with Crippen LogP contribution < -0.4 is 0 Å². The molecular weight excluding hydrogens is 198 g/mol. The third-order valence-electron chi connectivity index (χ3n) is 2.61. The summed E-state index contributed by atoms with van der Waals surface area (Å²) < 4.78 is 10.1. The van der Waals surface area contributed by atoms with Crippen molar-refractivity contribution in [2.24, 2.45) is 5.92 Å². The van der Waals surface area contributed by atoms with Crippen molar-refractivity contribution < 1.29 is 19.1 Å². The third-order valence-corrected chi connectivity index (χ3v) is 2.61. The zero-order chi connectivity index (χ0) is 11.3. The number of carbonyl (C=O) groups is 2. The second kappa shape index (κ2) is 5.70. The van der Waals surface area contributed by atoms with Gasteiger partial charge in [0, 0.05) is 19.6 Å². The van der Waals surface area contributed by atoms with Gasteiger partial charge in [-0.2, -0.15) is 0 Å². The van der Waals surface area contributed by atoms with E-state index in [1.54, 1.807) is 18.9 Å². The second-order valence-electron chi connectivity index (χ2n) is 3.51. The third kappa shape index (κ3) is 2.92. The van der Waals surface area contributed by atoms with Crippen LogP contribution in [0.1, 0.15) is 13.3 Å². The van der Waals surface area contributed by atoms with Crippen molar-refractivity contribution in [3.63, 3.8) is 0 Å². The summed E-state index contributed by atoms with van der Waals surface area (Å²) in [6, 6.07) is 0. The minimum absolute atomic E-state index is 0.110. The fourth-order valence-electron chi connectivity index (χ4n) is 1.72. The van der Waals surface area contributed by atoms with Crippen LogP contribution in [0.3, 0.4) is 0 Å². The average Bonchev–Trinajstić information content (AvgIpc) is 2.28.